The van der Waals surface area contributed by atoms with E-state index in [0.29, 0.717) is 40.4 Å². The fourth-order valence-corrected chi connectivity index (χ4v) is 6.36. The lowest BCUT2D eigenvalue weighted by Gasteiger charge is -2.35. The van der Waals surface area contributed by atoms with Crippen LogP contribution in [0.2, 0.25) is 0 Å². The number of aromatic amines is 1. The van der Waals surface area contributed by atoms with E-state index in [9.17, 15) is 27.6 Å². The van der Waals surface area contributed by atoms with Gasteiger partial charge < -0.3 is 4.90 Å². The number of halogens is 4. The van der Waals surface area contributed by atoms with Crippen LogP contribution in [0.3, 0.4) is 0 Å². The number of amides is 1. The molecule has 14 heteroatoms. The second-order valence-electron chi connectivity index (χ2n) is 11.7. The van der Waals surface area contributed by atoms with Gasteiger partial charge in [0, 0.05) is 39.8 Å². The Morgan fingerprint density at radius 2 is 1.84 bits per heavy atom. The molecule has 5 aromatic rings. The molecule has 0 saturated heterocycles. The molecule has 1 aliphatic rings. The summed E-state index contributed by atoms with van der Waals surface area (Å²) < 4.78 is 45.3. The summed E-state index contributed by atoms with van der Waals surface area (Å²) in [4.78, 5) is 41.3. The largest absolute Gasteiger partial charge is 0.417 e. The molecule has 45 heavy (non-hydrogen) atoms. The number of aromatic nitrogens is 6. The molecule has 234 valence electrons. The molecule has 6 rings (SSSR count). The van der Waals surface area contributed by atoms with E-state index in [0.717, 1.165) is 11.6 Å². The van der Waals surface area contributed by atoms with Crippen LogP contribution in [0.5, 0.6) is 0 Å². The lowest BCUT2D eigenvalue weighted by atomic mass is 9.97. The number of nitrogens with one attached hydrogen (secondary N) is 1. The molecule has 1 N–H and O–H groups in total. The maximum absolute atomic E-state index is 14.3. The second kappa shape index (κ2) is 11.2. The molecule has 0 saturated carbocycles. The van der Waals surface area contributed by atoms with Gasteiger partial charge in [0.25, 0.3) is 11.5 Å². The standard InChI is InChI=1S/C31H29BrF3N7O3/c1-16(2)11-20-14-36-42-25-15-40(28(43)19-7-10-24(32)23(13-19)31(33,34)35)17(3)12-22(25)29(44)41(27(20)42)21-8-5-18(6-9-21)26-37-38-30(45)39(26)4/h5-10,13-14,16-17H,11-12,15H2,1-4H3,(H,38,45). The summed E-state index contributed by atoms with van der Waals surface area (Å²) in [6, 6.07) is 10.1. The highest BCUT2D eigenvalue weighted by molar-refractivity contribution is 9.10. The number of benzene rings is 2. The topological polar surface area (TPSA) is 110 Å². The molecule has 10 nitrogen and oxygen atoms in total. The zero-order valence-electron chi connectivity index (χ0n) is 24.8. The van der Waals surface area contributed by atoms with E-state index in [-0.39, 0.29) is 40.2 Å². The van der Waals surface area contributed by atoms with E-state index >= 15 is 0 Å². The molecule has 1 atom stereocenters. The van der Waals surface area contributed by atoms with E-state index in [1.807, 2.05) is 0 Å². The molecule has 1 amide bonds. The Morgan fingerprint density at radius 1 is 1.13 bits per heavy atom. The van der Waals surface area contributed by atoms with Crippen LogP contribution in [0, 0.1) is 5.92 Å². The highest BCUT2D eigenvalue weighted by Crippen LogP contribution is 2.36. The van der Waals surface area contributed by atoms with E-state index in [4.69, 9.17) is 0 Å². The summed E-state index contributed by atoms with van der Waals surface area (Å²) in [7, 11) is 1.61. The van der Waals surface area contributed by atoms with Crippen LogP contribution in [0.1, 0.15) is 53.5 Å². The van der Waals surface area contributed by atoms with E-state index in [1.165, 1.54) is 21.6 Å². The molecule has 0 fully saturated rings. The van der Waals surface area contributed by atoms with Crippen molar-refractivity contribution < 1.29 is 18.0 Å². The van der Waals surface area contributed by atoms with Gasteiger partial charge in [0.15, 0.2) is 5.82 Å². The number of fused-ring (bicyclic) bond motifs is 3. The molecular formula is C31H29BrF3N7O3. The van der Waals surface area contributed by atoms with E-state index in [1.54, 1.807) is 53.5 Å². The minimum atomic E-state index is -4.64. The quantitative estimate of drug-likeness (QED) is 0.276. The number of nitrogens with zero attached hydrogens (tertiary/aromatic N) is 6. The Kier molecular flexibility index (Phi) is 7.58. The fourth-order valence-electron chi connectivity index (χ4n) is 5.89. The van der Waals surface area contributed by atoms with Gasteiger partial charge in [0.2, 0.25) is 0 Å². The number of H-pyrrole nitrogens is 1. The summed E-state index contributed by atoms with van der Waals surface area (Å²) in [6.07, 6.45) is -2.10. The van der Waals surface area contributed by atoms with Gasteiger partial charge in [-0.3, -0.25) is 18.7 Å². The molecule has 1 unspecified atom stereocenters. The van der Waals surface area contributed by atoms with Gasteiger partial charge in [0.1, 0.15) is 5.65 Å². The molecule has 0 bridgehead atoms. The molecule has 0 aliphatic carbocycles. The van der Waals surface area contributed by atoms with Crippen molar-refractivity contribution in [2.45, 2.75) is 52.4 Å². The number of hydrogen-bond acceptors (Lipinski definition) is 5. The van der Waals surface area contributed by atoms with Crippen molar-refractivity contribution in [2.75, 3.05) is 0 Å². The van der Waals surface area contributed by atoms with Crippen molar-refractivity contribution in [2.24, 2.45) is 13.0 Å². The molecule has 0 spiro atoms. The summed E-state index contributed by atoms with van der Waals surface area (Å²) >= 11 is 2.93. The van der Waals surface area contributed by atoms with Crippen molar-refractivity contribution >= 4 is 27.5 Å². The molecule has 2 aromatic carbocycles. The third kappa shape index (κ3) is 5.30. The van der Waals surface area contributed by atoms with Crippen LogP contribution in [-0.4, -0.2) is 45.8 Å². The first kappa shape index (κ1) is 30.6. The van der Waals surface area contributed by atoms with Crippen LogP contribution in [0.25, 0.3) is 22.7 Å². The van der Waals surface area contributed by atoms with Crippen molar-refractivity contribution in [3.05, 3.63) is 102 Å². The number of hydrogen-bond donors (Lipinski definition) is 1. The highest BCUT2D eigenvalue weighted by Gasteiger charge is 2.36. The van der Waals surface area contributed by atoms with Gasteiger partial charge in [-0.05, 0) is 68.1 Å². The first-order chi connectivity index (χ1) is 21.3. The molecule has 3 aromatic heterocycles. The Hall–Kier alpha value is -4.46. The Bertz CT molecular complexity index is 2070. The van der Waals surface area contributed by atoms with Gasteiger partial charge >= 0.3 is 11.9 Å². The monoisotopic (exact) mass is 683 g/mol. The van der Waals surface area contributed by atoms with Gasteiger partial charge in [-0.1, -0.05) is 29.8 Å². The van der Waals surface area contributed by atoms with Gasteiger partial charge in [0.05, 0.1) is 29.7 Å². The van der Waals surface area contributed by atoms with Crippen molar-refractivity contribution in [3.63, 3.8) is 0 Å². The Balaban J connectivity index is 1.47. The average molecular weight is 685 g/mol. The van der Waals surface area contributed by atoms with E-state index < -0.39 is 23.7 Å². The molecular weight excluding hydrogens is 655 g/mol. The third-order valence-corrected chi connectivity index (χ3v) is 8.81. The predicted octanol–water partition coefficient (Wildman–Crippen LogP) is 5.14. The van der Waals surface area contributed by atoms with Crippen LogP contribution >= 0.6 is 15.9 Å². The first-order valence-electron chi connectivity index (χ1n) is 14.3. The maximum atomic E-state index is 14.3. The van der Waals surface area contributed by atoms with Crippen LogP contribution in [-0.2, 0) is 32.6 Å². The van der Waals surface area contributed by atoms with Crippen molar-refractivity contribution in [3.8, 4) is 17.1 Å². The van der Waals surface area contributed by atoms with E-state index in [2.05, 4.69) is 45.1 Å². The second-order valence-corrected chi connectivity index (χ2v) is 12.6. The van der Waals surface area contributed by atoms with Crippen molar-refractivity contribution in [1.82, 2.24) is 33.8 Å². The molecule has 1 aliphatic heterocycles. The van der Waals surface area contributed by atoms with Crippen LogP contribution in [0.15, 0.2) is 62.7 Å². The summed E-state index contributed by atoms with van der Waals surface area (Å²) in [6.45, 7) is 5.88. The predicted molar refractivity (Wildman–Crippen MR) is 164 cm³/mol. The van der Waals surface area contributed by atoms with Gasteiger partial charge in [-0.2, -0.15) is 23.4 Å². The van der Waals surface area contributed by atoms with Gasteiger partial charge in [-0.15, -0.1) is 0 Å². The minimum absolute atomic E-state index is 0.00570. The Morgan fingerprint density at radius 3 is 2.47 bits per heavy atom. The van der Waals surface area contributed by atoms with Gasteiger partial charge in [-0.25, -0.2) is 14.4 Å². The number of carbonyl (C=O) groups is 1. The first-order valence-corrected chi connectivity index (χ1v) is 15.1. The summed E-state index contributed by atoms with van der Waals surface area (Å²) in [5.41, 5.74) is 2.01. The molecule has 0 radical (unpaired) electrons. The average Bonchev–Trinajstić information content (AvgIpc) is 3.54. The van der Waals surface area contributed by atoms with Crippen molar-refractivity contribution in [1.29, 1.82) is 0 Å². The number of rotatable bonds is 5. The lowest BCUT2D eigenvalue weighted by Crippen LogP contribution is -2.46. The van der Waals surface area contributed by atoms with Crippen LogP contribution < -0.4 is 11.2 Å². The van der Waals surface area contributed by atoms with Crippen LogP contribution in [0.4, 0.5) is 13.2 Å². The summed E-state index contributed by atoms with van der Waals surface area (Å²) in [5, 5.41) is 11.1. The number of carbonyl (C=O) groups excluding carboxylic acids is 1. The lowest BCUT2D eigenvalue weighted by molar-refractivity contribution is -0.138. The maximum Gasteiger partial charge on any atom is 0.417 e. The minimum Gasteiger partial charge on any atom is -0.330 e. The zero-order valence-corrected chi connectivity index (χ0v) is 26.4. The Labute approximate surface area is 263 Å². The zero-order chi connectivity index (χ0) is 32.4. The number of alkyl halides is 3. The molecule has 4 heterocycles. The SMILES string of the molecule is CC(C)Cc1cnn2c3c(c(=O)n(-c4ccc(-c5n[nH]c(=O)n5C)cc4)c12)CC(C)N(C(=O)c1ccc(Br)c(C(F)(F)F)c1)C3. The summed E-state index contributed by atoms with van der Waals surface area (Å²) in [5.74, 6) is 0.131. The fraction of sp³-hybridized carbons (Fsp3) is 0.323. The normalized spacial score (nSPS) is 15.2. The highest BCUT2D eigenvalue weighted by atomic mass is 79.9. The third-order valence-electron chi connectivity index (χ3n) is 8.12. The smallest absolute Gasteiger partial charge is 0.330 e.